The topological polar surface area (TPSA) is 98.0 Å². The first-order chi connectivity index (χ1) is 9.13. The Bertz CT molecular complexity index is 500. The van der Waals surface area contributed by atoms with Crippen LogP contribution in [-0.2, 0) is 0 Å². The zero-order chi connectivity index (χ0) is 13.9. The van der Waals surface area contributed by atoms with Crippen LogP contribution in [0.1, 0.15) is 19.3 Å². The molecule has 0 radical (unpaired) electrons. The fourth-order valence-electron chi connectivity index (χ4n) is 2.18. The van der Waals surface area contributed by atoms with Crippen LogP contribution in [0.5, 0.6) is 0 Å². The van der Waals surface area contributed by atoms with Crippen molar-refractivity contribution in [3.8, 4) is 6.07 Å². The molecule has 19 heavy (non-hydrogen) atoms. The summed E-state index contributed by atoms with van der Waals surface area (Å²) in [7, 11) is 1.89. The maximum absolute atomic E-state index is 8.95. The molecule has 2 aliphatic carbocycles. The average Bonchev–Trinajstić information content (AvgIpc) is 3.21. The zero-order valence-electron chi connectivity index (χ0n) is 11.1. The molecule has 5 nitrogen and oxygen atoms in total. The third-order valence-electron chi connectivity index (χ3n) is 3.83. The number of nitrogens with zero attached hydrogens (tertiary/aromatic N) is 2. The van der Waals surface area contributed by atoms with Crippen LogP contribution in [0.3, 0.4) is 0 Å². The number of hydrogen-bond donors (Lipinski definition) is 3. The lowest BCUT2D eigenvalue weighted by Gasteiger charge is -1.99. The molecule has 0 unspecified atom stereocenters. The molecule has 2 saturated carbocycles. The van der Waals surface area contributed by atoms with Gasteiger partial charge in [0.2, 0.25) is 0 Å². The van der Waals surface area contributed by atoms with E-state index in [4.69, 9.17) is 16.4 Å². The minimum absolute atomic E-state index is 0.147. The van der Waals surface area contributed by atoms with Gasteiger partial charge in [-0.3, -0.25) is 4.99 Å². The van der Waals surface area contributed by atoms with Gasteiger partial charge in [0.15, 0.2) is 0 Å². The Hall–Kier alpha value is -1.93. The highest BCUT2D eigenvalue weighted by molar-refractivity contribution is 6.19. The number of fused-ring (bicyclic) bond motifs is 1. The molecule has 4 N–H and O–H groups in total. The highest BCUT2D eigenvalue weighted by atomic mass is 15.1. The van der Waals surface area contributed by atoms with Crippen LogP contribution in [-0.4, -0.2) is 31.1 Å². The fourth-order valence-corrected chi connectivity index (χ4v) is 2.18. The SMILES string of the molecule is CNCC/C=C\C(=N)C(/C=N\C12CC1(C#N)C2)=C/N. The van der Waals surface area contributed by atoms with Gasteiger partial charge in [0.25, 0.3) is 0 Å². The lowest BCUT2D eigenvalue weighted by Crippen LogP contribution is -2.07. The van der Waals surface area contributed by atoms with Crippen molar-refractivity contribution >= 4 is 11.9 Å². The summed E-state index contributed by atoms with van der Waals surface area (Å²) in [6.45, 7) is 0.882. The minimum Gasteiger partial charge on any atom is -0.404 e. The van der Waals surface area contributed by atoms with Gasteiger partial charge in [0.05, 0.1) is 22.7 Å². The standard InChI is InChI=1S/C14H19N5/c1-18-5-3-2-4-12(17)11(6-15)7-19-14-8-13(14,9-14)10-16/h2,4,6-7,17-18H,3,5,8-9,15H2,1H3/b4-2-,11-6+,17-12?,19-7-. The molecule has 0 heterocycles. The molecular formula is C14H19N5. The number of rotatable bonds is 7. The van der Waals surface area contributed by atoms with Gasteiger partial charge in [-0.05, 0) is 38.9 Å². The monoisotopic (exact) mass is 257 g/mol. The molecule has 2 fully saturated rings. The second kappa shape index (κ2) is 4.98. The Balaban J connectivity index is 1.88. The number of nitrogens with two attached hydrogens (primary N) is 1. The van der Waals surface area contributed by atoms with E-state index in [1.54, 1.807) is 12.3 Å². The summed E-state index contributed by atoms with van der Waals surface area (Å²) < 4.78 is 0. The average molecular weight is 257 g/mol. The number of nitrogens with one attached hydrogen (secondary N) is 2. The highest BCUT2D eigenvalue weighted by Gasteiger charge is 2.85. The Morgan fingerprint density at radius 3 is 2.84 bits per heavy atom. The van der Waals surface area contributed by atoms with Gasteiger partial charge in [-0.15, -0.1) is 0 Å². The van der Waals surface area contributed by atoms with E-state index in [9.17, 15) is 0 Å². The summed E-state index contributed by atoms with van der Waals surface area (Å²) in [6, 6.07) is 2.31. The molecule has 2 rings (SSSR count). The molecule has 0 spiro atoms. The smallest absolute Gasteiger partial charge is 0.0873 e. The van der Waals surface area contributed by atoms with Gasteiger partial charge in [0, 0.05) is 18.0 Å². The summed E-state index contributed by atoms with van der Waals surface area (Å²) in [5.41, 5.74) is 6.14. The van der Waals surface area contributed by atoms with Crippen molar-refractivity contribution in [3.05, 3.63) is 23.9 Å². The van der Waals surface area contributed by atoms with E-state index in [0.717, 1.165) is 25.8 Å². The van der Waals surface area contributed by atoms with Crippen molar-refractivity contribution in [1.82, 2.24) is 5.32 Å². The molecule has 0 aromatic heterocycles. The maximum Gasteiger partial charge on any atom is 0.0873 e. The lowest BCUT2D eigenvalue weighted by atomic mass is 10.1. The first-order valence-corrected chi connectivity index (χ1v) is 6.41. The minimum atomic E-state index is -0.186. The van der Waals surface area contributed by atoms with Gasteiger partial charge in [-0.25, -0.2) is 0 Å². The molecule has 0 aliphatic heterocycles. The first kappa shape index (κ1) is 13.5. The Labute approximate surface area is 113 Å². The van der Waals surface area contributed by atoms with E-state index in [2.05, 4.69) is 16.4 Å². The van der Waals surface area contributed by atoms with Gasteiger partial charge >= 0.3 is 0 Å². The second-order valence-corrected chi connectivity index (χ2v) is 5.17. The van der Waals surface area contributed by atoms with Crippen molar-refractivity contribution in [3.63, 3.8) is 0 Å². The van der Waals surface area contributed by atoms with Crippen LogP contribution >= 0.6 is 0 Å². The van der Waals surface area contributed by atoms with E-state index < -0.39 is 0 Å². The number of nitriles is 1. The molecule has 2 aliphatic rings. The highest BCUT2D eigenvalue weighted by Crippen LogP contribution is 2.80. The van der Waals surface area contributed by atoms with Gasteiger partial charge < -0.3 is 16.5 Å². The Morgan fingerprint density at radius 2 is 2.32 bits per heavy atom. The Kier molecular flexibility index (Phi) is 3.54. The first-order valence-electron chi connectivity index (χ1n) is 6.41. The molecule has 0 saturated heterocycles. The normalized spacial score (nSPS) is 32.3. The van der Waals surface area contributed by atoms with Crippen molar-refractivity contribution in [1.29, 1.82) is 10.7 Å². The molecule has 0 amide bonds. The fraction of sp³-hybridized carbons (Fsp3) is 0.500. The second-order valence-electron chi connectivity index (χ2n) is 5.17. The molecular weight excluding hydrogens is 238 g/mol. The van der Waals surface area contributed by atoms with Crippen LogP contribution in [0.2, 0.25) is 0 Å². The molecule has 0 aromatic carbocycles. The summed E-state index contributed by atoms with van der Waals surface area (Å²) >= 11 is 0. The molecule has 5 heteroatoms. The van der Waals surface area contributed by atoms with Gasteiger partial charge in [-0.2, -0.15) is 5.26 Å². The van der Waals surface area contributed by atoms with Crippen LogP contribution in [0.4, 0.5) is 0 Å². The summed E-state index contributed by atoms with van der Waals surface area (Å²) in [5.74, 6) is 0. The lowest BCUT2D eigenvalue weighted by molar-refractivity contribution is 0.769. The van der Waals surface area contributed by atoms with E-state index in [0.29, 0.717) is 11.3 Å². The largest absolute Gasteiger partial charge is 0.404 e. The quantitative estimate of drug-likeness (QED) is 0.471. The van der Waals surface area contributed by atoms with Crippen molar-refractivity contribution in [2.45, 2.75) is 24.8 Å². The molecule has 100 valence electrons. The number of aliphatic imine (C=N–C) groups is 1. The summed E-state index contributed by atoms with van der Waals surface area (Å²) in [4.78, 5) is 4.44. The maximum atomic E-state index is 8.95. The third-order valence-corrected chi connectivity index (χ3v) is 3.83. The van der Waals surface area contributed by atoms with Crippen molar-refractivity contribution in [2.75, 3.05) is 13.6 Å². The Morgan fingerprint density at radius 1 is 1.58 bits per heavy atom. The van der Waals surface area contributed by atoms with Crippen LogP contribution in [0, 0.1) is 22.2 Å². The van der Waals surface area contributed by atoms with Crippen molar-refractivity contribution in [2.24, 2.45) is 16.1 Å². The predicted octanol–water partition coefficient (Wildman–Crippen LogP) is 1.14. The summed E-state index contributed by atoms with van der Waals surface area (Å²) in [5, 5.41) is 19.9. The number of hydrogen-bond acceptors (Lipinski definition) is 5. The third kappa shape index (κ3) is 2.45. The van der Waals surface area contributed by atoms with E-state index >= 15 is 0 Å². The zero-order valence-corrected chi connectivity index (χ0v) is 11.1. The summed E-state index contributed by atoms with van der Waals surface area (Å²) in [6.07, 6.45) is 9.28. The molecule has 0 bridgehead atoms. The van der Waals surface area contributed by atoms with Crippen LogP contribution < -0.4 is 11.1 Å². The molecule has 0 aromatic rings. The molecule has 0 atom stereocenters. The van der Waals surface area contributed by atoms with E-state index in [1.165, 1.54) is 6.20 Å². The van der Waals surface area contributed by atoms with Gasteiger partial charge in [-0.1, -0.05) is 6.08 Å². The predicted molar refractivity (Wildman–Crippen MR) is 76.2 cm³/mol. The van der Waals surface area contributed by atoms with E-state index in [1.807, 2.05) is 13.1 Å². The van der Waals surface area contributed by atoms with Crippen molar-refractivity contribution < 1.29 is 0 Å². The van der Waals surface area contributed by atoms with Gasteiger partial charge in [0.1, 0.15) is 0 Å². The van der Waals surface area contributed by atoms with Crippen LogP contribution in [0.25, 0.3) is 0 Å². The van der Waals surface area contributed by atoms with Crippen LogP contribution in [0.15, 0.2) is 28.9 Å². The van der Waals surface area contributed by atoms with E-state index in [-0.39, 0.29) is 11.0 Å². The number of allylic oxidation sites excluding steroid dienone is 2.